The lowest BCUT2D eigenvalue weighted by molar-refractivity contribution is -0.132. The number of nitrogens with one attached hydrogen (secondary N) is 1. The summed E-state index contributed by atoms with van der Waals surface area (Å²) >= 11 is 0. The Hall–Kier alpha value is -2.72. The van der Waals surface area contributed by atoms with Crippen LogP contribution in [-0.4, -0.2) is 29.7 Å². The highest BCUT2D eigenvalue weighted by Crippen LogP contribution is 2.44. The van der Waals surface area contributed by atoms with Gasteiger partial charge in [0.25, 0.3) is 5.91 Å². The van der Waals surface area contributed by atoms with E-state index in [0.29, 0.717) is 6.54 Å². The molecule has 0 aromatic heterocycles. The van der Waals surface area contributed by atoms with Crippen LogP contribution in [0.3, 0.4) is 0 Å². The topological polar surface area (TPSA) is 44.7 Å². The standard InChI is InChI=1S/C24H27N3O/c1-2-25-17-22(28)27-24(19-12-7-4-8-13-19)21-15-9-14-20(23(21)26-27)16-18-10-5-3-6-11-18/h3-8,10-13,16,21,24-25H,2,9,14-15,17H2,1H3/b20-16-. The number of hydrazone groups is 1. The summed E-state index contributed by atoms with van der Waals surface area (Å²) in [5.41, 5.74) is 4.71. The molecule has 2 aromatic carbocycles. The van der Waals surface area contributed by atoms with Crippen molar-refractivity contribution in [1.29, 1.82) is 0 Å². The number of likely N-dealkylation sites (N-methyl/N-ethyl adjacent to an activating group) is 1. The van der Waals surface area contributed by atoms with Crippen LogP contribution in [0, 0.1) is 5.92 Å². The number of hydrogen-bond acceptors (Lipinski definition) is 3. The summed E-state index contributed by atoms with van der Waals surface area (Å²) in [5.74, 6) is 0.299. The first-order valence-corrected chi connectivity index (χ1v) is 10.2. The van der Waals surface area contributed by atoms with E-state index < -0.39 is 0 Å². The maximum atomic E-state index is 12.9. The van der Waals surface area contributed by atoms with Crippen molar-refractivity contribution < 1.29 is 4.79 Å². The van der Waals surface area contributed by atoms with Crippen LogP contribution >= 0.6 is 0 Å². The maximum Gasteiger partial charge on any atom is 0.257 e. The molecule has 2 aromatic rings. The van der Waals surface area contributed by atoms with Crippen molar-refractivity contribution in [2.75, 3.05) is 13.1 Å². The average molecular weight is 374 g/mol. The molecule has 2 unspecified atom stereocenters. The summed E-state index contributed by atoms with van der Waals surface area (Å²) in [6.07, 6.45) is 5.45. The lowest BCUT2D eigenvalue weighted by atomic mass is 9.77. The van der Waals surface area contributed by atoms with Gasteiger partial charge in [0, 0.05) is 5.92 Å². The summed E-state index contributed by atoms with van der Waals surface area (Å²) in [5, 5.41) is 9.78. The van der Waals surface area contributed by atoms with E-state index in [-0.39, 0.29) is 17.9 Å². The second-order valence-electron chi connectivity index (χ2n) is 7.44. The number of hydrogen-bond donors (Lipinski definition) is 1. The molecule has 2 aliphatic rings. The van der Waals surface area contributed by atoms with Crippen molar-refractivity contribution >= 4 is 17.7 Å². The van der Waals surface area contributed by atoms with Crippen molar-refractivity contribution in [3.8, 4) is 0 Å². The summed E-state index contributed by atoms with van der Waals surface area (Å²) < 4.78 is 0. The number of allylic oxidation sites excluding steroid dienone is 1. The largest absolute Gasteiger partial charge is 0.309 e. The SMILES string of the molecule is CCNCC(=O)N1N=C2/C(=C\c3ccccc3)CCCC2C1c1ccccc1. The number of fused-ring (bicyclic) bond motifs is 1. The Morgan fingerprint density at radius 1 is 1.14 bits per heavy atom. The Morgan fingerprint density at radius 2 is 1.86 bits per heavy atom. The van der Waals surface area contributed by atoms with Gasteiger partial charge >= 0.3 is 0 Å². The molecule has 0 saturated heterocycles. The van der Waals surface area contributed by atoms with Crippen LogP contribution in [0.1, 0.15) is 43.4 Å². The highest BCUT2D eigenvalue weighted by Gasteiger charge is 2.43. The molecule has 0 spiro atoms. The van der Waals surface area contributed by atoms with Crippen LogP contribution in [0.2, 0.25) is 0 Å². The first-order chi connectivity index (χ1) is 13.8. The predicted octanol–water partition coefficient (Wildman–Crippen LogP) is 4.42. The molecular weight excluding hydrogens is 346 g/mol. The second-order valence-corrected chi connectivity index (χ2v) is 7.44. The molecule has 28 heavy (non-hydrogen) atoms. The van der Waals surface area contributed by atoms with Gasteiger partial charge in [-0.1, -0.05) is 67.6 Å². The van der Waals surface area contributed by atoms with Gasteiger partial charge in [0.15, 0.2) is 0 Å². The van der Waals surface area contributed by atoms with Crippen molar-refractivity contribution in [3.05, 3.63) is 77.4 Å². The monoisotopic (exact) mass is 373 g/mol. The van der Waals surface area contributed by atoms with E-state index in [4.69, 9.17) is 5.10 Å². The molecule has 0 radical (unpaired) electrons. The van der Waals surface area contributed by atoms with Gasteiger partial charge in [-0.2, -0.15) is 5.10 Å². The van der Waals surface area contributed by atoms with Crippen molar-refractivity contribution in [1.82, 2.24) is 10.3 Å². The lowest BCUT2D eigenvalue weighted by Crippen LogP contribution is -2.37. The summed E-state index contributed by atoms with van der Waals surface area (Å²) in [7, 11) is 0. The molecule has 1 saturated carbocycles. The normalized spacial score (nSPS) is 22.8. The van der Waals surface area contributed by atoms with Crippen LogP contribution in [0.25, 0.3) is 6.08 Å². The van der Waals surface area contributed by atoms with E-state index in [1.165, 1.54) is 11.1 Å². The molecule has 1 aliphatic carbocycles. The van der Waals surface area contributed by atoms with Gasteiger partial charge < -0.3 is 5.32 Å². The third kappa shape index (κ3) is 3.78. The average Bonchev–Trinajstić information content (AvgIpc) is 3.14. The molecule has 4 nitrogen and oxygen atoms in total. The van der Waals surface area contributed by atoms with Gasteiger partial charge in [-0.3, -0.25) is 4.79 Å². The zero-order valence-corrected chi connectivity index (χ0v) is 16.3. The summed E-state index contributed by atoms with van der Waals surface area (Å²) in [6.45, 7) is 3.11. The molecule has 1 heterocycles. The third-order valence-electron chi connectivity index (χ3n) is 5.56. The van der Waals surface area contributed by atoms with E-state index >= 15 is 0 Å². The maximum absolute atomic E-state index is 12.9. The number of rotatable bonds is 5. The zero-order valence-electron chi connectivity index (χ0n) is 16.3. The molecule has 1 fully saturated rings. The fourth-order valence-electron chi connectivity index (χ4n) is 4.25. The van der Waals surface area contributed by atoms with E-state index in [1.54, 1.807) is 5.01 Å². The van der Waals surface area contributed by atoms with Crippen LogP contribution in [0.4, 0.5) is 0 Å². The van der Waals surface area contributed by atoms with E-state index in [1.807, 2.05) is 31.2 Å². The molecule has 2 atom stereocenters. The third-order valence-corrected chi connectivity index (χ3v) is 5.56. The van der Waals surface area contributed by atoms with Gasteiger partial charge in [-0.25, -0.2) is 5.01 Å². The van der Waals surface area contributed by atoms with Crippen molar-refractivity contribution in [3.63, 3.8) is 0 Å². The molecule has 144 valence electrons. The van der Waals surface area contributed by atoms with Gasteiger partial charge in [-0.15, -0.1) is 0 Å². The summed E-state index contributed by atoms with van der Waals surface area (Å²) in [6, 6.07) is 20.7. The number of carbonyl (C=O) groups excluding carboxylic acids is 1. The molecule has 4 heteroatoms. The van der Waals surface area contributed by atoms with Crippen molar-refractivity contribution in [2.45, 2.75) is 32.2 Å². The number of carbonyl (C=O) groups is 1. The first-order valence-electron chi connectivity index (χ1n) is 10.2. The second kappa shape index (κ2) is 8.53. The minimum atomic E-state index is -0.0122. The van der Waals surface area contributed by atoms with Crippen molar-refractivity contribution in [2.24, 2.45) is 11.0 Å². The molecular formula is C24H27N3O. The van der Waals surface area contributed by atoms with Crippen LogP contribution < -0.4 is 5.32 Å². The Balaban J connectivity index is 1.71. The summed E-state index contributed by atoms with van der Waals surface area (Å²) in [4.78, 5) is 12.9. The Morgan fingerprint density at radius 3 is 2.57 bits per heavy atom. The fraction of sp³-hybridized carbons (Fsp3) is 0.333. The van der Waals surface area contributed by atoms with Gasteiger partial charge in [0.05, 0.1) is 18.3 Å². The highest BCUT2D eigenvalue weighted by atomic mass is 16.2. The fourth-order valence-corrected chi connectivity index (χ4v) is 4.25. The van der Waals surface area contributed by atoms with Gasteiger partial charge in [0.2, 0.25) is 0 Å². The van der Waals surface area contributed by atoms with Crippen LogP contribution in [-0.2, 0) is 4.79 Å². The first kappa shape index (κ1) is 18.6. The van der Waals surface area contributed by atoms with Gasteiger partial charge in [0.1, 0.15) is 0 Å². The molecule has 1 amide bonds. The molecule has 0 bridgehead atoms. The lowest BCUT2D eigenvalue weighted by Gasteiger charge is -2.29. The van der Waals surface area contributed by atoms with Gasteiger partial charge in [-0.05, 0) is 48.6 Å². The highest BCUT2D eigenvalue weighted by molar-refractivity contribution is 6.08. The Kier molecular flexibility index (Phi) is 5.68. The van der Waals surface area contributed by atoms with Crippen LogP contribution in [0.5, 0.6) is 0 Å². The quantitative estimate of drug-likeness (QED) is 0.843. The van der Waals surface area contributed by atoms with E-state index in [9.17, 15) is 4.79 Å². The molecule has 1 aliphatic heterocycles. The zero-order chi connectivity index (χ0) is 19.3. The minimum Gasteiger partial charge on any atom is -0.309 e. The smallest absolute Gasteiger partial charge is 0.257 e. The number of benzene rings is 2. The van der Waals surface area contributed by atoms with Crippen LogP contribution in [0.15, 0.2) is 71.3 Å². The number of nitrogens with zero attached hydrogens (tertiary/aromatic N) is 2. The molecule has 1 N–H and O–H groups in total. The predicted molar refractivity (Wildman–Crippen MR) is 114 cm³/mol. The molecule has 4 rings (SSSR count). The Bertz CT molecular complexity index is 873. The minimum absolute atomic E-state index is 0.0122. The Labute approximate surface area is 167 Å². The van der Waals surface area contributed by atoms with E-state index in [2.05, 4.69) is 47.8 Å². The number of amides is 1. The van der Waals surface area contributed by atoms with E-state index in [0.717, 1.165) is 37.1 Å².